The SMILES string of the molecule is CC(C)=CCN1CCN(c2nc(N)nc3nc[nH]c23)C[C@H]1CCO. The minimum absolute atomic E-state index is 0.176. The molecule has 0 amide bonds. The molecule has 8 nitrogen and oxygen atoms in total. The highest BCUT2D eigenvalue weighted by Gasteiger charge is 2.28. The molecular weight excluding hydrogens is 306 g/mol. The van der Waals surface area contributed by atoms with E-state index in [1.54, 1.807) is 6.33 Å². The number of aliphatic hydroxyl groups excluding tert-OH is 1. The minimum Gasteiger partial charge on any atom is -0.396 e. The lowest BCUT2D eigenvalue weighted by Gasteiger charge is -2.41. The molecule has 1 saturated heterocycles. The maximum Gasteiger partial charge on any atom is 0.224 e. The van der Waals surface area contributed by atoms with Gasteiger partial charge in [0, 0.05) is 38.8 Å². The normalized spacial score (nSPS) is 19.0. The van der Waals surface area contributed by atoms with Gasteiger partial charge in [0.05, 0.1) is 6.33 Å². The molecular formula is C16H25N7O. The first-order valence-electron chi connectivity index (χ1n) is 8.28. The van der Waals surface area contributed by atoms with Gasteiger partial charge in [0.2, 0.25) is 5.95 Å². The van der Waals surface area contributed by atoms with Crippen LogP contribution in [-0.2, 0) is 0 Å². The molecule has 130 valence electrons. The van der Waals surface area contributed by atoms with Crippen molar-refractivity contribution >= 4 is 22.9 Å². The molecule has 0 aliphatic carbocycles. The monoisotopic (exact) mass is 331 g/mol. The van der Waals surface area contributed by atoms with Crippen molar-refractivity contribution in [2.45, 2.75) is 26.3 Å². The first-order chi connectivity index (χ1) is 11.6. The molecule has 2 aromatic heterocycles. The Morgan fingerprint density at radius 2 is 2.25 bits per heavy atom. The number of nitrogens with two attached hydrogens (primary N) is 1. The van der Waals surface area contributed by atoms with Crippen molar-refractivity contribution in [2.24, 2.45) is 0 Å². The van der Waals surface area contributed by atoms with Gasteiger partial charge in [-0.2, -0.15) is 9.97 Å². The van der Waals surface area contributed by atoms with Crippen LogP contribution in [0, 0.1) is 0 Å². The van der Waals surface area contributed by atoms with E-state index in [1.165, 1.54) is 5.57 Å². The summed E-state index contributed by atoms with van der Waals surface area (Å²) in [6.07, 6.45) is 4.58. The number of imidazole rings is 1. The Labute approximate surface area is 141 Å². The van der Waals surface area contributed by atoms with Crippen LogP contribution in [0.2, 0.25) is 0 Å². The maximum atomic E-state index is 9.43. The minimum atomic E-state index is 0.176. The summed E-state index contributed by atoms with van der Waals surface area (Å²) in [5.74, 6) is 1.02. The van der Waals surface area contributed by atoms with Gasteiger partial charge in [0.1, 0.15) is 5.52 Å². The zero-order chi connectivity index (χ0) is 17.1. The van der Waals surface area contributed by atoms with E-state index >= 15 is 0 Å². The number of nitrogen functional groups attached to an aromatic ring is 1. The Morgan fingerprint density at radius 3 is 3.00 bits per heavy atom. The average Bonchev–Trinajstić information content (AvgIpc) is 3.01. The van der Waals surface area contributed by atoms with Crippen LogP contribution in [0.1, 0.15) is 20.3 Å². The number of H-pyrrole nitrogens is 1. The van der Waals surface area contributed by atoms with Crippen LogP contribution in [0.4, 0.5) is 11.8 Å². The summed E-state index contributed by atoms with van der Waals surface area (Å²) in [5.41, 5.74) is 8.54. The van der Waals surface area contributed by atoms with Gasteiger partial charge in [-0.05, 0) is 20.3 Å². The van der Waals surface area contributed by atoms with E-state index in [-0.39, 0.29) is 18.6 Å². The van der Waals surface area contributed by atoms with Crippen molar-refractivity contribution in [3.8, 4) is 0 Å². The number of anilines is 2. The van der Waals surface area contributed by atoms with E-state index in [1.807, 2.05) is 0 Å². The summed E-state index contributed by atoms with van der Waals surface area (Å²) in [5, 5.41) is 9.43. The predicted octanol–water partition coefficient (Wildman–Crippen LogP) is 0.774. The number of hydrogen-bond acceptors (Lipinski definition) is 7. The van der Waals surface area contributed by atoms with E-state index < -0.39 is 0 Å². The smallest absolute Gasteiger partial charge is 0.224 e. The van der Waals surface area contributed by atoms with Gasteiger partial charge in [-0.15, -0.1) is 0 Å². The van der Waals surface area contributed by atoms with Crippen LogP contribution in [0.3, 0.4) is 0 Å². The van der Waals surface area contributed by atoms with Gasteiger partial charge in [-0.3, -0.25) is 4.90 Å². The second kappa shape index (κ2) is 7.14. The highest BCUT2D eigenvalue weighted by atomic mass is 16.3. The topological polar surface area (TPSA) is 107 Å². The molecule has 1 aliphatic rings. The summed E-state index contributed by atoms with van der Waals surface area (Å²) in [7, 11) is 0. The van der Waals surface area contributed by atoms with E-state index in [0.29, 0.717) is 5.65 Å². The fourth-order valence-electron chi connectivity index (χ4n) is 3.11. The van der Waals surface area contributed by atoms with Crippen molar-refractivity contribution < 1.29 is 5.11 Å². The third kappa shape index (κ3) is 3.49. The van der Waals surface area contributed by atoms with Crippen molar-refractivity contribution in [1.29, 1.82) is 0 Å². The number of piperazine rings is 1. The van der Waals surface area contributed by atoms with Crippen molar-refractivity contribution in [1.82, 2.24) is 24.8 Å². The number of aromatic nitrogens is 4. The Bertz CT molecular complexity index is 722. The maximum absolute atomic E-state index is 9.43. The number of hydrogen-bond donors (Lipinski definition) is 3. The number of nitrogens with zero attached hydrogens (tertiary/aromatic N) is 5. The zero-order valence-corrected chi connectivity index (χ0v) is 14.2. The molecule has 0 unspecified atom stereocenters. The second-order valence-electron chi connectivity index (χ2n) is 6.40. The molecule has 1 aliphatic heterocycles. The Hall–Kier alpha value is -2.19. The van der Waals surface area contributed by atoms with Crippen molar-refractivity contribution in [3.63, 3.8) is 0 Å². The van der Waals surface area contributed by atoms with Gasteiger partial charge in [0.15, 0.2) is 11.5 Å². The molecule has 3 heterocycles. The summed E-state index contributed by atoms with van der Waals surface area (Å²) in [6.45, 7) is 7.85. The average molecular weight is 331 g/mol. The Kier molecular flexibility index (Phi) is 4.96. The number of aliphatic hydroxyl groups is 1. The number of allylic oxidation sites excluding steroid dienone is 1. The lowest BCUT2D eigenvalue weighted by atomic mass is 10.1. The van der Waals surface area contributed by atoms with Gasteiger partial charge in [-0.25, -0.2) is 4.98 Å². The summed E-state index contributed by atoms with van der Waals surface area (Å²) >= 11 is 0. The van der Waals surface area contributed by atoms with Crippen LogP contribution in [0.5, 0.6) is 0 Å². The van der Waals surface area contributed by atoms with Gasteiger partial charge in [0.25, 0.3) is 0 Å². The molecule has 0 aromatic carbocycles. The highest BCUT2D eigenvalue weighted by molar-refractivity contribution is 5.84. The number of nitrogens with one attached hydrogen (secondary N) is 1. The van der Waals surface area contributed by atoms with E-state index in [2.05, 4.69) is 49.7 Å². The lowest BCUT2D eigenvalue weighted by molar-refractivity contribution is 0.155. The van der Waals surface area contributed by atoms with Crippen LogP contribution in [0.15, 0.2) is 18.0 Å². The van der Waals surface area contributed by atoms with E-state index in [9.17, 15) is 5.11 Å². The van der Waals surface area contributed by atoms with Crippen molar-refractivity contribution in [2.75, 3.05) is 43.4 Å². The number of fused-ring (bicyclic) bond motifs is 1. The molecule has 3 rings (SSSR count). The Morgan fingerprint density at radius 1 is 1.42 bits per heavy atom. The van der Waals surface area contributed by atoms with Gasteiger partial charge in [-0.1, -0.05) is 11.6 Å². The molecule has 2 aromatic rings. The largest absolute Gasteiger partial charge is 0.396 e. The molecule has 4 N–H and O–H groups in total. The fraction of sp³-hybridized carbons (Fsp3) is 0.562. The first-order valence-corrected chi connectivity index (χ1v) is 8.28. The van der Waals surface area contributed by atoms with Crippen molar-refractivity contribution in [3.05, 3.63) is 18.0 Å². The third-order valence-corrected chi connectivity index (χ3v) is 4.38. The van der Waals surface area contributed by atoms with Gasteiger partial charge < -0.3 is 20.7 Å². The Balaban J connectivity index is 1.83. The first kappa shape index (κ1) is 16.7. The van der Waals surface area contributed by atoms with E-state index in [4.69, 9.17) is 5.73 Å². The number of aromatic amines is 1. The highest BCUT2D eigenvalue weighted by Crippen LogP contribution is 2.25. The third-order valence-electron chi connectivity index (χ3n) is 4.38. The molecule has 0 saturated carbocycles. The molecule has 0 bridgehead atoms. The molecule has 8 heteroatoms. The second-order valence-corrected chi connectivity index (χ2v) is 6.40. The van der Waals surface area contributed by atoms with Gasteiger partial charge >= 0.3 is 0 Å². The number of rotatable bonds is 5. The molecule has 0 spiro atoms. The predicted molar refractivity (Wildman–Crippen MR) is 94.8 cm³/mol. The lowest BCUT2D eigenvalue weighted by Crippen LogP contribution is -2.53. The fourth-order valence-corrected chi connectivity index (χ4v) is 3.11. The zero-order valence-electron chi connectivity index (χ0n) is 14.2. The van der Waals surface area contributed by atoms with Crippen LogP contribution in [-0.4, -0.2) is 68.8 Å². The standard InChI is InChI=1S/C16H25N7O/c1-11(2)3-5-22-6-7-23(9-12(22)4-8-24)15-13-14(19-10-18-13)20-16(17)21-15/h3,10,12,24H,4-9H2,1-2H3,(H3,17,18,19,20,21)/t12-/m1/s1. The van der Waals surface area contributed by atoms with Crippen LogP contribution < -0.4 is 10.6 Å². The van der Waals surface area contributed by atoms with Crippen LogP contribution >= 0.6 is 0 Å². The quantitative estimate of drug-likeness (QED) is 0.695. The molecule has 1 fully saturated rings. The summed E-state index contributed by atoms with van der Waals surface area (Å²) < 4.78 is 0. The van der Waals surface area contributed by atoms with E-state index in [0.717, 1.165) is 43.9 Å². The summed E-state index contributed by atoms with van der Waals surface area (Å²) in [4.78, 5) is 20.5. The summed E-state index contributed by atoms with van der Waals surface area (Å²) in [6, 6.07) is 0.272. The van der Waals surface area contributed by atoms with Crippen LogP contribution in [0.25, 0.3) is 11.2 Å². The molecule has 24 heavy (non-hydrogen) atoms. The molecule has 1 atom stereocenters. The molecule has 0 radical (unpaired) electrons.